The van der Waals surface area contributed by atoms with Crippen molar-refractivity contribution in [1.82, 2.24) is 5.32 Å². The van der Waals surface area contributed by atoms with Crippen molar-refractivity contribution in [3.05, 3.63) is 24.3 Å². The third kappa shape index (κ3) is 4.25. The van der Waals surface area contributed by atoms with Crippen molar-refractivity contribution in [3.8, 4) is 0 Å². The molecule has 1 aromatic rings. The second-order valence-electron chi connectivity index (χ2n) is 4.76. The molecule has 1 aromatic carbocycles. The standard InChI is InChI=1S/C14H19N3O2S/c15-13(18)9-20-12-4-2-1-3-11(12)17-14(19)10-5-7-16-8-6-10/h1-4,10,16H,5-9H2,(H2,15,18)(H,17,19). The Morgan fingerprint density at radius 2 is 2.00 bits per heavy atom. The van der Waals surface area contributed by atoms with Crippen LogP contribution >= 0.6 is 11.8 Å². The zero-order chi connectivity index (χ0) is 14.4. The molecule has 0 aromatic heterocycles. The predicted molar refractivity (Wildman–Crippen MR) is 80.6 cm³/mol. The molecule has 20 heavy (non-hydrogen) atoms. The van der Waals surface area contributed by atoms with E-state index in [4.69, 9.17) is 5.73 Å². The number of thioether (sulfide) groups is 1. The first kappa shape index (κ1) is 14.9. The number of carbonyl (C=O) groups is 2. The fraction of sp³-hybridized carbons (Fsp3) is 0.429. The molecule has 4 N–H and O–H groups in total. The largest absolute Gasteiger partial charge is 0.369 e. The molecule has 0 spiro atoms. The Morgan fingerprint density at radius 1 is 1.30 bits per heavy atom. The van der Waals surface area contributed by atoms with Gasteiger partial charge in [0, 0.05) is 10.8 Å². The number of nitrogens with one attached hydrogen (secondary N) is 2. The molecule has 0 bridgehead atoms. The molecule has 0 aliphatic carbocycles. The number of benzene rings is 1. The van der Waals surface area contributed by atoms with Gasteiger partial charge in [0.25, 0.3) is 0 Å². The molecule has 0 unspecified atom stereocenters. The highest BCUT2D eigenvalue weighted by Gasteiger charge is 2.21. The zero-order valence-corrected chi connectivity index (χ0v) is 12.0. The molecule has 6 heteroatoms. The molecular formula is C14H19N3O2S. The second-order valence-corrected chi connectivity index (χ2v) is 5.78. The lowest BCUT2D eigenvalue weighted by Gasteiger charge is -2.22. The van der Waals surface area contributed by atoms with Crippen LogP contribution in [-0.4, -0.2) is 30.7 Å². The van der Waals surface area contributed by atoms with Gasteiger partial charge < -0.3 is 16.4 Å². The van der Waals surface area contributed by atoms with E-state index in [0.29, 0.717) is 0 Å². The highest BCUT2D eigenvalue weighted by molar-refractivity contribution is 8.00. The molecule has 2 rings (SSSR count). The minimum absolute atomic E-state index is 0.0543. The van der Waals surface area contributed by atoms with Gasteiger partial charge in [-0.2, -0.15) is 0 Å². The molecule has 108 valence electrons. The maximum atomic E-state index is 12.2. The lowest BCUT2D eigenvalue weighted by atomic mass is 9.97. The third-order valence-electron chi connectivity index (χ3n) is 3.22. The highest BCUT2D eigenvalue weighted by atomic mass is 32.2. The van der Waals surface area contributed by atoms with Crippen LogP contribution in [-0.2, 0) is 9.59 Å². The van der Waals surface area contributed by atoms with Gasteiger partial charge in [0.05, 0.1) is 11.4 Å². The number of anilines is 1. The van der Waals surface area contributed by atoms with E-state index >= 15 is 0 Å². The van der Waals surface area contributed by atoms with Gasteiger partial charge in [-0.3, -0.25) is 9.59 Å². The maximum Gasteiger partial charge on any atom is 0.227 e. The fourth-order valence-corrected chi connectivity index (χ4v) is 2.91. The topological polar surface area (TPSA) is 84.2 Å². The van der Waals surface area contributed by atoms with Gasteiger partial charge in [0.2, 0.25) is 11.8 Å². The first-order valence-electron chi connectivity index (χ1n) is 6.68. The molecule has 0 atom stereocenters. The Hall–Kier alpha value is -1.53. The molecule has 1 saturated heterocycles. The number of para-hydroxylation sites is 1. The summed E-state index contributed by atoms with van der Waals surface area (Å²) in [6.07, 6.45) is 1.73. The predicted octanol–water partition coefficient (Wildman–Crippen LogP) is 1.20. The Balaban J connectivity index is 2.00. The monoisotopic (exact) mass is 293 g/mol. The summed E-state index contributed by atoms with van der Waals surface area (Å²) in [5.74, 6) is -0.0428. The van der Waals surface area contributed by atoms with Crippen molar-refractivity contribution in [2.75, 3.05) is 24.2 Å². The van der Waals surface area contributed by atoms with Crippen LogP contribution in [0.25, 0.3) is 0 Å². The Labute approximate surface area is 122 Å². The maximum absolute atomic E-state index is 12.2. The first-order valence-corrected chi connectivity index (χ1v) is 7.67. The summed E-state index contributed by atoms with van der Waals surface area (Å²) in [6, 6.07) is 7.48. The highest BCUT2D eigenvalue weighted by Crippen LogP contribution is 2.27. The molecule has 1 heterocycles. The Morgan fingerprint density at radius 3 is 2.70 bits per heavy atom. The molecule has 0 saturated carbocycles. The number of carbonyl (C=O) groups excluding carboxylic acids is 2. The second kappa shape index (κ2) is 7.31. The Bertz CT molecular complexity index is 487. The van der Waals surface area contributed by atoms with Crippen LogP contribution < -0.4 is 16.4 Å². The number of amides is 2. The van der Waals surface area contributed by atoms with Gasteiger partial charge in [-0.15, -0.1) is 11.8 Å². The molecular weight excluding hydrogens is 274 g/mol. The number of primary amides is 1. The summed E-state index contributed by atoms with van der Waals surface area (Å²) < 4.78 is 0. The van der Waals surface area contributed by atoms with E-state index in [1.807, 2.05) is 24.3 Å². The number of rotatable bonds is 5. The van der Waals surface area contributed by atoms with Crippen molar-refractivity contribution in [3.63, 3.8) is 0 Å². The average Bonchev–Trinajstić information content (AvgIpc) is 2.47. The number of nitrogens with two attached hydrogens (primary N) is 1. The zero-order valence-electron chi connectivity index (χ0n) is 11.2. The van der Waals surface area contributed by atoms with Crippen molar-refractivity contribution in [2.24, 2.45) is 11.7 Å². The first-order chi connectivity index (χ1) is 9.66. The van der Waals surface area contributed by atoms with E-state index in [1.54, 1.807) is 0 Å². The van der Waals surface area contributed by atoms with Crippen LogP contribution in [0.3, 0.4) is 0 Å². The summed E-state index contributed by atoms with van der Waals surface area (Å²) in [6.45, 7) is 1.77. The lowest BCUT2D eigenvalue weighted by molar-refractivity contribution is -0.120. The van der Waals surface area contributed by atoms with E-state index in [2.05, 4.69) is 10.6 Å². The van der Waals surface area contributed by atoms with E-state index < -0.39 is 0 Å². The van der Waals surface area contributed by atoms with E-state index in [1.165, 1.54) is 11.8 Å². The van der Waals surface area contributed by atoms with Crippen LogP contribution in [0.4, 0.5) is 5.69 Å². The van der Waals surface area contributed by atoms with E-state index in [-0.39, 0.29) is 23.5 Å². The van der Waals surface area contributed by atoms with Gasteiger partial charge in [0.1, 0.15) is 0 Å². The molecule has 1 fully saturated rings. The van der Waals surface area contributed by atoms with Crippen LogP contribution in [0.15, 0.2) is 29.2 Å². The van der Waals surface area contributed by atoms with Crippen molar-refractivity contribution >= 4 is 29.3 Å². The summed E-state index contributed by atoms with van der Waals surface area (Å²) >= 11 is 1.34. The van der Waals surface area contributed by atoms with Gasteiger partial charge in [-0.05, 0) is 38.1 Å². The quantitative estimate of drug-likeness (QED) is 0.712. The van der Waals surface area contributed by atoms with Gasteiger partial charge in [0.15, 0.2) is 0 Å². The summed E-state index contributed by atoms with van der Waals surface area (Å²) in [7, 11) is 0. The van der Waals surface area contributed by atoms with Gasteiger partial charge >= 0.3 is 0 Å². The lowest BCUT2D eigenvalue weighted by Crippen LogP contribution is -2.34. The third-order valence-corrected chi connectivity index (χ3v) is 4.32. The van der Waals surface area contributed by atoms with Crippen molar-refractivity contribution in [2.45, 2.75) is 17.7 Å². The fourth-order valence-electron chi connectivity index (χ4n) is 2.16. The summed E-state index contributed by atoms with van der Waals surface area (Å²) in [4.78, 5) is 23.9. The van der Waals surface area contributed by atoms with Crippen LogP contribution in [0.2, 0.25) is 0 Å². The molecule has 0 radical (unpaired) electrons. The van der Waals surface area contributed by atoms with Gasteiger partial charge in [-0.25, -0.2) is 0 Å². The van der Waals surface area contributed by atoms with Crippen molar-refractivity contribution in [1.29, 1.82) is 0 Å². The van der Waals surface area contributed by atoms with E-state index in [0.717, 1.165) is 36.5 Å². The average molecular weight is 293 g/mol. The van der Waals surface area contributed by atoms with Gasteiger partial charge in [-0.1, -0.05) is 12.1 Å². The van der Waals surface area contributed by atoms with Crippen molar-refractivity contribution < 1.29 is 9.59 Å². The SMILES string of the molecule is NC(=O)CSc1ccccc1NC(=O)C1CCNCC1. The summed E-state index contributed by atoms with van der Waals surface area (Å²) in [5.41, 5.74) is 5.91. The summed E-state index contributed by atoms with van der Waals surface area (Å²) in [5, 5.41) is 6.21. The minimum atomic E-state index is -0.366. The van der Waals surface area contributed by atoms with Crippen LogP contribution in [0.1, 0.15) is 12.8 Å². The molecule has 1 aliphatic rings. The van der Waals surface area contributed by atoms with Crippen LogP contribution in [0, 0.1) is 5.92 Å². The van der Waals surface area contributed by atoms with E-state index in [9.17, 15) is 9.59 Å². The smallest absolute Gasteiger partial charge is 0.227 e. The number of hydrogen-bond acceptors (Lipinski definition) is 4. The molecule has 1 aliphatic heterocycles. The molecule has 2 amide bonds. The normalized spacial score (nSPS) is 15.8. The molecule has 5 nitrogen and oxygen atoms in total. The minimum Gasteiger partial charge on any atom is -0.369 e. The Kier molecular flexibility index (Phi) is 5.43. The number of hydrogen-bond donors (Lipinski definition) is 3. The number of piperidine rings is 1. The van der Waals surface area contributed by atoms with Crippen LogP contribution in [0.5, 0.6) is 0 Å².